The van der Waals surface area contributed by atoms with Gasteiger partial charge in [-0.25, -0.2) is 4.98 Å². The summed E-state index contributed by atoms with van der Waals surface area (Å²) in [6, 6.07) is 10.5. The highest BCUT2D eigenvalue weighted by molar-refractivity contribution is 7.13. The SMILES string of the molecule is O=C(CCC(=O)c1ccc(Cl)cc1)NCc1csc(-c2cccnc2)n1. The highest BCUT2D eigenvalue weighted by Gasteiger charge is 2.10. The molecule has 132 valence electrons. The molecule has 1 N–H and O–H groups in total. The van der Waals surface area contributed by atoms with Gasteiger partial charge in [0.1, 0.15) is 5.01 Å². The van der Waals surface area contributed by atoms with Crippen LogP contribution in [0.25, 0.3) is 10.6 Å². The van der Waals surface area contributed by atoms with Crippen LogP contribution in [0.4, 0.5) is 0 Å². The van der Waals surface area contributed by atoms with E-state index in [1.165, 1.54) is 11.3 Å². The van der Waals surface area contributed by atoms with E-state index in [2.05, 4.69) is 15.3 Å². The van der Waals surface area contributed by atoms with E-state index in [0.717, 1.165) is 16.3 Å². The summed E-state index contributed by atoms with van der Waals surface area (Å²) < 4.78 is 0. The second-order valence-corrected chi connectivity index (χ2v) is 6.89. The Morgan fingerprint density at radius 2 is 1.92 bits per heavy atom. The van der Waals surface area contributed by atoms with Crippen LogP contribution in [-0.4, -0.2) is 21.7 Å². The smallest absolute Gasteiger partial charge is 0.220 e. The molecule has 7 heteroatoms. The van der Waals surface area contributed by atoms with Crippen LogP contribution >= 0.6 is 22.9 Å². The summed E-state index contributed by atoms with van der Waals surface area (Å²) in [7, 11) is 0. The van der Waals surface area contributed by atoms with Crippen molar-refractivity contribution >= 4 is 34.6 Å². The molecule has 0 aliphatic carbocycles. The maximum Gasteiger partial charge on any atom is 0.220 e. The Kier molecular flexibility index (Phi) is 6.09. The number of pyridine rings is 1. The van der Waals surface area contributed by atoms with Crippen molar-refractivity contribution in [3.05, 3.63) is 70.5 Å². The largest absolute Gasteiger partial charge is 0.350 e. The van der Waals surface area contributed by atoms with Crippen LogP contribution in [0.15, 0.2) is 54.2 Å². The van der Waals surface area contributed by atoms with Crippen molar-refractivity contribution in [1.82, 2.24) is 15.3 Å². The van der Waals surface area contributed by atoms with E-state index in [4.69, 9.17) is 11.6 Å². The minimum Gasteiger partial charge on any atom is -0.350 e. The van der Waals surface area contributed by atoms with E-state index in [0.29, 0.717) is 17.1 Å². The lowest BCUT2D eigenvalue weighted by atomic mass is 10.1. The molecule has 1 aromatic carbocycles. The lowest BCUT2D eigenvalue weighted by Gasteiger charge is -2.04. The first-order valence-electron chi connectivity index (χ1n) is 8.02. The third-order valence-electron chi connectivity index (χ3n) is 3.67. The number of hydrogen-bond donors (Lipinski definition) is 1. The maximum absolute atomic E-state index is 12.1. The lowest BCUT2D eigenvalue weighted by molar-refractivity contribution is -0.121. The number of ketones is 1. The number of halogens is 1. The fraction of sp³-hybridized carbons (Fsp3) is 0.158. The van der Waals surface area contributed by atoms with Crippen LogP contribution in [-0.2, 0) is 11.3 Å². The van der Waals surface area contributed by atoms with Crippen molar-refractivity contribution in [1.29, 1.82) is 0 Å². The molecular formula is C19H16ClN3O2S. The summed E-state index contributed by atoms with van der Waals surface area (Å²) in [4.78, 5) is 32.6. The number of benzene rings is 1. The first-order valence-corrected chi connectivity index (χ1v) is 9.28. The number of nitrogens with one attached hydrogen (secondary N) is 1. The molecule has 0 fully saturated rings. The Morgan fingerprint density at radius 3 is 2.65 bits per heavy atom. The van der Waals surface area contributed by atoms with Crippen LogP contribution in [0, 0.1) is 0 Å². The van der Waals surface area contributed by atoms with E-state index in [9.17, 15) is 9.59 Å². The number of thiazole rings is 1. The average molecular weight is 386 g/mol. The van der Waals surface area contributed by atoms with Crippen molar-refractivity contribution in [3.8, 4) is 10.6 Å². The van der Waals surface area contributed by atoms with Crippen molar-refractivity contribution in [2.24, 2.45) is 0 Å². The molecule has 0 bridgehead atoms. The maximum atomic E-state index is 12.1. The summed E-state index contributed by atoms with van der Waals surface area (Å²) in [6.07, 6.45) is 3.76. The highest BCUT2D eigenvalue weighted by atomic mass is 35.5. The molecule has 1 amide bonds. The minimum atomic E-state index is -0.178. The van der Waals surface area contributed by atoms with Gasteiger partial charge in [-0.05, 0) is 36.4 Å². The molecule has 26 heavy (non-hydrogen) atoms. The third kappa shape index (κ3) is 4.97. The van der Waals surface area contributed by atoms with Gasteiger partial charge in [0.15, 0.2) is 5.78 Å². The zero-order valence-electron chi connectivity index (χ0n) is 13.8. The van der Waals surface area contributed by atoms with Crippen molar-refractivity contribution < 1.29 is 9.59 Å². The average Bonchev–Trinajstić information content (AvgIpc) is 3.15. The van der Waals surface area contributed by atoms with Gasteiger partial charge in [0.05, 0.1) is 12.2 Å². The number of rotatable bonds is 7. The Balaban J connectivity index is 1.46. The molecule has 0 saturated carbocycles. The normalized spacial score (nSPS) is 10.5. The second-order valence-electron chi connectivity index (χ2n) is 5.59. The molecule has 3 rings (SSSR count). The van der Waals surface area contributed by atoms with Gasteiger partial charge in [0, 0.05) is 46.8 Å². The molecule has 0 saturated heterocycles. The van der Waals surface area contributed by atoms with Crippen molar-refractivity contribution in [2.45, 2.75) is 19.4 Å². The second kappa shape index (κ2) is 8.69. The lowest BCUT2D eigenvalue weighted by Crippen LogP contribution is -2.23. The molecule has 2 aromatic heterocycles. The number of carbonyl (C=O) groups excluding carboxylic acids is 2. The summed E-state index contributed by atoms with van der Waals surface area (Å²) >= 11 is 7.30. The topological polar surface area (TPSA) is 72.0 Å². The van der Waals surface area contributed by atoms with Gasteiger partial charge >= 0.3 is 0 Å². The number of amides is 1. The first-order chi connectivity index (χ1) is 12.6. The van der Waals surface area contributed by atoms with Crippen molar-refractivity contribution in [2.75, 3.05) is 0 Å². The highest BCUT2D eigenvalue weighted by Crippen LogP contribution is 2.22. The monoisotopic (exact) mass is 385 g/mol. The fourth-order valence-electron chi connectivity index (χ4n) is 2.29. The zero-order chi connectivity index (χ0) is 18.4. The van der Waals surface area contributed by atoms with Gasteiger partial charge < -0.3 is 5.32 Å². The minimum absolute atomic E-state index is 0.0793. The summed E-state index contributed by atoms with van der Waals surface area (Å²) in [5.74, 6) is -0.257. The first kappa shape index (κ1) is 18.2. The fourth-order valence-corrected chi connectivity index (χ4v) is 3.23. The van der Waals surface area contributed by atoms with Gasteiger partial charge in [-0.1, -0.05) is 11.6 Å². The Bertz CT molecular complexity index is 895. The van der Waals surface area contributed by atoms with Crippen LogP contribution in [0.1, 0.15) is 28.9 Å². The third-order valence-corrected chi connectivity index (χ3v) is 4.86. The molecule has 3 aromatic rings. The summed E-state index contributed by atoms with van der Waals surface area (Å²) in [5.41, 5.74) is 2.29. The summed E-state index contributed by atoms with van der Waals surface area (Å²) in [6.45, 7) is 0.338. The number of Topliss-reactive ketones (excluding diaryl/α,β-unsaturated/α-hetero) is 1. The van der Waals surface area contributed by atoms with Crippen LogP contribution in [0.5, 0.6) is 0 Å². The number of nitrogens with zero attached hydrogens (tertiary/aromatic N) is 2. The molecule has 0 atom stereocenters. The molecule has 0 spiro atoms. The van der Waals surface area contributed by atoms with E-state index in [1.807, 2.05) is 17.5 Å². The molecule has 2 heterocycles. The number of carbonyl (C=O) groups is 2. The van der Waals surface area contributed by atoms with Gasteiger partial charge in [0.25, 0.3) is 0 Å². The quantitative estimate of drug-likeness (QED) is 0.620. The molecule has 0 aliphatic rings. The van der Waals surface area contributed by atoms with E-state index < -0.39 is 0 Å². The molecule has 0 unspecified atom stereocenters. The van der Waals surface area contributed by atoms with E-state index in [-0.39, 0.29) is 24.5 Å². The van der Waals surface area contributed by atoms with Crippen LogP contribution < -0.4 is 5.32 Å². The van der Waals surface area contributed by atoms with E-state index in [1.54, 1.807) is 36.7 Å². The molecule has 0 aliphatic heterocycles. The number of aromatic nitrogens is 2. The standard InChI is InChI=1S/C19H16ClN3O2S/c20-15-5-3-13(4-6-15)17(24)7-8-18(25)22-11-16-12-26-19(23-16)14-2-1-9-21-10-14/h1-6,9-10,12H,7-8,11H2,(H,22,25). The Morgan fingerprint density at radius 1 is 1.12 bits per heavy atom. The van der Waals surface area contributed by atoms with Gasteiger partial charge in [0.2, 0.25) is 5.91 Å². The molecular weight excluding hydrogens is 370 g/mol. The predicted octanol–water partition coefficient (Wildman–Crippen LogP) is 4.14. The molecule has 5 nitrogen and oxygen atoms in total. The van der Waals surface area contributed by atoms with Gasteiger partial charge in [-0.3, -0.25) is 14.6 Å². The Hall–Kier alpha value is -2.57. The van der Waals surface area contributed by atoms with Crippen molar-refractivity contribution in [3.63, 3.8) is 0 Å². The summed E-state index contributed by atoms with van der Waals surface area (Å²) in [5, 5.41) is 6.14. The molecule has 0 radical (unpaired) electrons. The zero-order valence-corrected chi connectivity index (χ0v) is 15.4. The van der Waals surface area contributed by atoms with Gasteiger partial charge in [-0.15, -0.1) is 11.3 Å². The predicted molar refractivity (Wildman–Crippen MR) is 102 cm³/mol. The van der Waals surface area contributed by atoms with Crippen LogP contribution in [0.3, 0.4) is 0 Å². The number of hydrogen-bond acceptors (Lipinski definition) is 5. The van der Waals surface area contributed by atoms with E-state index >= 15 is 0 Å². The van der Waals surface area contributed by atoms with Crippen LogP contribution in [0.2, 0.25) is 5.02 Å². The Labute approximate surface area is 160 Å². The van der Waals surface area contributed by atoms with Gasteiger partial charge in [-0.2, -0.15) is 0 Å².